The summed E-state index contributed by atoms with van der Waals surface area (Å²) in [4.78, 5) is 0.795. The average Bonchev–Trinajstić information content (AvgIpc) is 2.91. The van der Waals surface area contributed by atoms with Crippen molar-refractivity contribution < 1.29 is 9.84 Å². The SMILES string of the molecule is CC1Cc2cc(C(O)c3sccc3Cl)ccc2O1. The Balaban J connectivity index is 1.94. The molecule has 0 aliphatic carbocycles. The first-order valence-electron chi connectivity index (χ1n) is 5.85. The second-order valence-corrected chi connectivity index (χ2v) is 5.89. The summed E-state index contributed by atoms with van der Waals surface area (Å²) in [5.74, 6) is 0.927. The first kappa shape index (κ1) is 12.0. The van der Waals surface area contributed by atoms with E-state index in [1.165, 1.54) is 11.3 Å². The van der Waals surface area contributed by atoms with E-state index in [9.17, 15) is 5.11 Å². The highest BCUT2D eigenvalue weighted by atomic mass is 35.5. The van der Waals surface area contributed by atoms with Crippen LogP contribution in [0, 0.1) is 0 Å². The second kappa shape index (κ2) is 4.57. The van der Waals surface area contributed by atoms with E-state index in [4.69, 9.17) is 16.3 Å². The summed E-state index contributed by atoms with van der Waals surface area (Å²) in [6.07, 6.45) is 0.463. The van der Waals surface area contributed by atoms with Crippen molar-refractivity contribution >= 4 is 22.9 Å². The monoisotopic (exact) mass is 280 g/mol. The van der Waals surface area contributed by atoms with Gasteiger partial charge in [-0.3, -0.25) is 0 Å². The molecule has 0 saturated heterocycles. The normalized spacial score (nSPS) is 19.4. The number of hydrogen-bond donors (Lipinski definition) is 1. The lowest BCUT2D eigenvalue weighted by atomic mass is 10.0. The molecular weight excluding hydrogens is 268 g/mol. The molecule has 2 atom stereocenters. The number of rotatable bonds is 2. The molecule has 0 amide bonds. The van der Waals surface area contributed by atoms with E-state index >= 15 is 0 Å². The summed E-state index contributed by atoms with van der Waals surface area (Å²) in [5.41, 5.74) is 2.03. The molecule has 2 aromatic rings. The standard InChI is InChI=1S/C14H13ClO2S/c1-8-6-10-7-9(2-3-12(10)17-8)13(16)14-11(15)4-5-18-14/h2-5,7-8,13,16H,6H2,1H3. The van der Waals surface area contributed by atoms with Gasteiger partial charge in [0.1, 0.15) is 18.0 Å². The predicted octanol–water partition coefficient (Wildman–Crippen LogP) is 3.81. The maximum Gasteiger partial charge on any atom is 0.123 e. The average molecular weight is 281 g/mol. The van der Waals surface area contributed by atoms with Gasteiger partial charge in [-0.15, -0.1) is 11.3 Å². The lowest BCUT2D eigenvalue weighted by molar-refractivity contribution is 0.224. The van der Waals surface area contributed by atoms with Gasteiger partial charge in [-0.05, 0) is 41.6 Å². The number of aliphatic hydroxyl groups is 1. The third-order valence-electron chi connectivity index (χ3n) is 3.13. The van der Waals surface area contributed by atoms with Crippen molar-refractivity contribution in [2.45, 2.75) is 25.6 Å². The molecule has 1 aromatic heterocycles. The van der Waals surface area contributed by atoms with Crippen LogP contribution in [0.4, 0.5) is 0 Å². The van der Waals surface area contributed by atoms with Gasteiger partial charge in [-0.1, -0.05) is 17.7 Å². The fourth-order valence-corrected chi connectivity index (χ4v) is 3.43. The third kappa shape index (κ3) is 2.03. The van der Waals surface area contributed by atoms with Crippen LogP contribution in [0.15, 0.2) is 29.6 Å². The number of hydrogen-bond acceptors (Lipinski definition) is 3. The quantitative estimate of drug-likeness (QED) is 0.906. The number of ether oxygens (including phenoxy) is 1. The molecule has 1 aliphatic rings. The van der Waals surface area contributed by atoms with Gasteiger partial charge in [0.25, 0.3) is 0 Å². The van der Waals surface area contributed by atoms with Crippen molar-refractivity contribution in [3.05, 3.63) is 50.7 Å². The van der Waals surface area contributed by atoms with Gasteiger partial charge in [-0.2, -0.15) is 0 Å². The third-order valence-corrected chi connectivity index (χ3v) is 4.54. The molecule has 4 heteroatoms. The summed E-state index contributed by atoms with van der Waals surface area (Å²) in [6.45, 7) is 2.05. The van der Waals surface area contributed by atoms with Crippen molar-refractivity contribution in [3.63, 3.8) is 0 Å². The van der Waals surface area contributed by atoms with Gasteiger partial charge in [-0.25, -0.2) is 0 Å². The van der Waals surface area contributed by atoms with Crippen molar-refractivity contribution in [3.8, 4) is 5.75 Å². The minimum absolute atomic E-state index is 0.220. The van der Waals surface area contributed by atoms with E-state index in [0.29, 0.717) is 5.02 Å². The molecular formula is C14H13ClO2S. The van der Waals surface area contributed by atoms with E-state index in [-0.39, 0.29) is 6.10 Å². The molecule has 0 spiro atoms. The number of benzene rings is 1. The zero-order chi connectivity index (χ0) is 12.7. The summed E-state index contributed by atoms with van der Waals surface area (Å²) < 4.78 is 5.65. The van der Waals surface area contributed by atoms with E-state index < -0.39 is 6.10 Å². The second-order valence-electron chi connectivity index (χ2n) is 4.54. The van der Waals surface area contributed by atoms with E-state index in [2.05, 4.69) is 0 Å². The molecule has 1 aromatic carbocycles. The van der Waals surface area contributed by atoms with E-state index in [1.807, 2.05) is 36.6 Å². The first-order valence-corrected chi connectivity index (χ1v) is 7.11. The van der Waals surface area contributed by atoms with E-state index in [0.717, 1.165) is 28.2 Å². The maximum atomic E-state index is 10.3. The van der Waals surface area contributed by atoms with Crippen LogP contribution in [0.2, 0.25) is 5.02 Å². The molecule has 0 radical (unpaired) electrons. The predicted molar refractivity (Wildman–Crippen MR) is 73.6 cm³/mol. The minimum atomic E-state index is -0.654. The summed E-state index contributed by atoms with van der Waals surface area (Å²) in [7, 11) is 0. The zero-order valence-electron chi connectivity index (χ0n) is 9.89. The van der Waals surface area contributed by atoms with Crippen LogP contribution in [0.25, 0.3) is 0 Å². The first-order chi connectivity index (χ1) is 8.65. The molecule has 2 unspecified atom stereocenters. The lowest BCUT2D eigenvalue weighted by Crippen LogP contribution is -2.05. The van der Waals surface area contributed by atoms with Gasteiger partial charge < -0.3 is 9.84 Å². The van der Waals surface area contributed by atoms with Crippen molar-refractivity contribution in [1.82, 2.24) is 0 Å². The molecule has 94 valence electrons. The zero-order valence-corrected chi connectivity index (χ0v) is 11.5. The van der Waals surface area contributed by atoms with Crippen LogP contribution >= 0.6 is 22.9 Å². The molecule has 18 heavy (non-hydrogen) atoms. The molecule has 3 rings (SSSR count). The molecule has 0 fully saturated rings. The summed E-state index contributed by atoms with van der Waals surface area (Å²) in [5, 5.41) is 12.9. The Bertz CT molecular complexity index is 579. The maximum absolute atomic E-state index is 10.3. The number of halogens is 1. The highest BCUT2D eigenvalue weighted by Gasteiger charge is 2.22. The van der Waals surface area contributed by atoms with Crippen molar-refractivity contribution in [2.75, 3.05) is 0 Å². The largest absolute Gasteiger partial charge is 0.490 e. The Kier molecular flexibility index (Phi) is 3.06. The number of aliphatic hydroxyl groups excluding tert-OH is 1. The van der Waals surface area contributed by atoms with Crippen LogP contribution in [0.3, 0.4) is 0 Å². The molecule has 0 bridgehead atoms. The number of thiophene rings is 1. The van der Waals surface area contributed by atoms with Crippen LogP contribution in [0.1, 0.15) is 29.0 Å². The van der Waals surface area contributed by atoms with Gasteiger partial charge in [0, 0.05) is 6.42 Å². The van der Waals surface area contributed by atoms with Gasteiger partial charge in [0.15, 0.2) is 0 Å². The van der Waals surface area contributed by atoms with E-state index in [1.54, 1.807) is 0 Å². The Morgan fingerprint density at radius 1 is 1.44 bits per heavy atom. The van der Waals surface area contributed by atoms with Gasteiger partial charge >= 0.3 is 0 Å². The van der Waals surface area contributed by atoms with Crippen molar-refractivity contribution in [2.24, 2.45) is 0 Å². The van der Waals surface area contributed by atoms with Crippen LogP contribution in [0.5, 0.6) is 5.75 Å². The van der Waals surface area contributed by atoms with Gasteiger partial charge in [0.05, 0.1) is 9.90 Å². The molecule has 1 N–H and O–H groups in total. The smallest absolute Gasteiger partial charge is 0.123 e. The minimum Gasteiger partial charge on any atom is -0.490 e. The molecule has 1 aliphatic heterocycles. The summed E-state index contributed by atoms with van der Waals surface area (Å²) in [6, 6.07) is 7.65. The Labute approximate surface area is 115 Å². The Hall–Kier alpha value is -1.03. The fraction of sp³-hybridized carbons (Fsp3) is 0.286. The van der Waals surface area contributed by atoms with Crippen LogP contribution in [-0.4, -0.2) is 11.2 Å². The Morgan fingerprint density at radius 3 is 3.00 bits per heavy atom. The molecule has 2 nitrogen and oxygen atoms in total. The highest BCUT2D eigenvalue weighted by Crippen LogP contribution is 2.36. The topological polar surface area (TPSA) is 29.5 Å². The molecule has 2 heterocycles. The highest BCUT2D eigenvalue weighted by molar-refractivity contribution is 7.10. The van der Waals surface area contributed by atoms with Crippen LogP contribution < -0.4 is 4.74 Å². The van der Waals surface area contributed by atoms with Crippen molar-refractivity contribution in [1.29, 1.82) is 0 Å². The van der Waals surface area contributed by atoms with Gasteiger partial charge in [0.2, 0.25) is 0 Å². The summed E-state index contributed by atoms with van der Waals surface area (Å²) >= 11 is 7.52. The Morgan fingerprint density at radius 2 is 2.28 bits per heavy atom. The van der Waals surface area contributed by atoms with Crippen LogP contribution in [-0.2, 0) is 6.42 Å². The molecule has 0 saturated carbocycles. The lowest BCUT2D eigenvalue weighted by Gasteiger charge is -2.11. The fourth-order valence-electron chi connectivity index (χ4n) is 2.26. The number of fused-ring (bicyclic) bond motifs is 1.